The van der Waals surface area contributed by atoms with Crippen LogP contribution in [0.25, 0.3) is 0 Å². The van der Waals surface area contributed by atoms with Crippen molar-refractivity contribution in [3.63, 3.8) is 0 Å². The Bertz CT molecular complexity index is 395. The van der Waals surface area contributed by atoms with Crippen LogP contribution in [0.2, 0.25) is 0 Å². The van der Waals surface area contributed by atoms with Crippen LogP contribution >= 0.6 is 0 Å². The number of urea groups is 1. The van der Waals surface area contributed by atoms with Gasteiger partial charge in [-0.15, -0.1) is 0 Å². The van der Waals surface area contributed by atoms with E-state index in [2.05, 4.69) is 33.0 Å². The summed E-state index contributed by atoms with van der Waals surface area (Å²) in [5.41, 5.74) is 3.32. The molecule has 0 saturated heterocycles. The molecule has 100 valence electrons. The Balaban J connectivity index is 2.69. The second-order valence-corrected chi connectivity index (χ2v) is 4.72. The molecule has 3 heteroatoms. The molecule has 0 saturated carbocycles. The summed E-state index contributed by atoms with van der Waals surface area (Å²) in [6.07, 6.45) is 1.97. The summed E-state index contributed by atoms with van der Waals surface area (Å²) >= 11 is 0. The molecule has 0 aliphatic rings. The summed E-state index contributed by atoms with van der Waals surface area (Å²) in [4.78, 5) is 14.0. The molecule has 1 aromatic rings. The molecule has 0 aliphatic carbocycles. The molecule has 3 nitrogen and oxygen atoms in total. The van der Waals surface area contributed by atoms with Gasteiger partial charge in [0.1, 0.15) is 0 Å². The maximum atomic E-state index is 12.1. The highest BCUT2D eigenvalue weighted by molar-refractivity contribution is 5.89. The minimum atomic E-state index is 0.00181. The van der Waals surface area contributed by atoms with Crippen molar-refractivity contribution >= 4 is 11.7 Å². The van der Waals surface area contributed by atoms with Gasteiger partial charge in [-0.3, -0.25) is 0 Å². The summed E-state index contributed by atoms with van der Waals surface area (Å²) in [7, 11) is 0. The first-order chi connectivity index (χ1) is 8.58. The minimum Gasteiger partial charge on any atom is -0.325 e. The third-order valence-corrected chi connectivity index (χ3v) is 3.03. The molecule has 0 heterocycles. The summed E-state index contributed by atoms with van der Waals surface area (Å²) in [6.45, 7) is 9.93. The van der Waals surface area contributed by atoms with Gasteiger partial charge in [0, 0.05) is 18.8 Å². The number of nitrogens with zero attached hydrogens (tertiary/aromatic N) is 1. The molecule has 1 aromatic carbocycles. The zero-order valence-corrected chi connectivity index (χ0v) is 11.9. The van der Waals surface area contributed by atoms with E-state index >= 15 is 0 Å². The lowest BCUT2D eigenvalue weighted by molar-refractivity contribution is 0.211. The average Bonchev–Trinajstić information content (AvgIpc) is 2.33. The number of carbonyl (C=O) groups is 1. The van der Waals surface area contributed by atoms with Gasteiger partial charge in [-0.1, -0.05) is 19.9 Å². The van der Waals surface area contributed by atoms with Gasteiger partial charge < -0.3 is 10.2 Å². The second kappa shape index (κ2) is 7.04. The van der Waals surface area contributed by atoms with Crippen LogP contribution in [0.1, 0.15) is 37.8 Å². The quantitative estimate of drug-likeness (QED) is 0.840. The number of anilines is 1. The Kier molecular flexibility index (Phi) is 5.69. The Hall–Kier alpha value is -1.51. The van der Waals surface area contributed by atoms with E-state index < -0.39 is 0 Å². The largest absolute Gasteiger partial charge is 0.325 e. The smallest absolute Gasteiger partial charge is 0.321 e. The van der Waals surface area contributed by atoms with Crippen molar-refractivity contribution in [3.8, 4) is 0 Å². The number of amides is 2. The van der Waals surface area contributed by atoms with Crippen LogP contribution in [0.15, 0.2) is 18.2 Å². The number of hydrogen-bond donors (Lipinski definition) is 1. The zero-order valence-electron chi connectivity index (χ0n) is 11.9. The molecule has 0 bridgehead atoms. The fraction of sp³-hybridized carbons (Fsp3) is 0.533. The Labute approximate surface area is 110 Å². The van der Waals surface area contributed by atoms with E-state index in [-0.39, 0.29) is 6.03 Å². The van der Waals surface area contributed by atoms with Crippen molar-refractivity contribution in [2.24, 2.45) is 0 Å². The summed E-state index contributed by atoms with van der Waals surface area (Å²) in [5.74, 6) is 0. The van der Waals surface area contributed by atoms with Crippen LogP contribution in [0, 0.1) is 13.8 Å². The third kappa shape index (κ3) is 4.06. The highest BCUT2D eigenvalue weighted by Gasteiger charge is 2.11. The van der Waals surface area contributed by atoms with Crippen LogP contribution in [0.4, 0.5) is 10.5 Å². The number of benzene rings is 1. The van der Waals surface area contributed by atoms with Crippen molar-refractivity contribution in [2.75, 3.05) is 18.4 Å². The van der Waals surface area contributed by atoms with Crippen LogP contribution in [-0.4, -0.2) is 24.0 Å². The van der Waals surface area contributed by atoms with E-state index in [4.69, 9.17) is 0 Å². The van der Waals surface area contributed by atoms with E-state index in [0.717, 1.165) is 31.6 Å². The summed E-state index contributed by atoms with van der Waals surface area (Å²) in [6, 6.07) is 6.01. The van der Waals surface area contributed by atoms with Gasteiger partial charge in [-0.2, -0.15) is 0 Å². The van der Waals surface area contributed by atoms with Gasteiger partial charge in [0.2, 0.25) is 0 Å². The van der Waals surface area contributed by atoms with Crippen LogP contribution in [0.5, 0.6) is 0 Å². The lowest BCUT2D eigenvalue weighted by atomic mass is 10.1. The number of carbonyl (C=O) groups excluding carboxylic acids is 1. The number of nitrogens with one attached hydrogen (secondary N) is 1. The standard InChI is InChI=1S/C15H24N2O/c1-5-9-17(10-6-2)15(18)16-14-8-7-12(3)13(4)11-14/h7-8,11H,5-6,9-10H2,1-4H3,(H,16,18). The molecule has 0 aromatic heterocycles. The predicted octanol–water partition coefficient (Wildman–Crippen LogP) is 3.96. The summed E-state index contributed by atoms with van der Waals surface area (Å²) in [5, 5.41) is 2.97. The third-order valence-electron chi connectivity index (χ3n) is 3.03. The normalized spacial score (nSPS) is 10.2. The lowest BCUT2D eigenvalue weighted by Crippen LogP contribution is -2.36. The molecule has 1 rings (SSSR count). The SMILES string of the molecule is CCCN(CCC)C(=O)Nc1ccc(C)c(C)c1. The zero-order chi connectivity index (χ0) is 13.5. The highest BCUT2D eigenvalue weighted by Crippen LogP contribution is 2.14. The van der Waals surface area contributed by atoms with E-state index in [1.54, 1.807) is 0 Å². The van der Waals surface area contributed by atoms with Crippen LogP contribution < -0.4 is 5.32 Å². The first kappa shape index (κ1) is 14.6. The molecule has 0 aliphatic heterocycles. The highest BCUT2D eigenvalue weighted by atomic mass is 16.2. The van der Waals surface area contributed by atoms with Gasteiger partial charge in [-0.05, 0) is 49.9 Å². The number of aryl methyl sites for hydroxylation is 2. The molecular weight excluding hydrogens is 224 g/mol. The number of hydrogen-bond acceptors (Lipinski definition) is 1. The van der Waals surface area contributed by atoms with Crippen molar-refractivity contribution < 1.29 is 4.79 Å². The van der Waals surface area contributed by atoms with E-state index in [0.29, 0.717) is 0 Å². The Morgan fingerprint density at radius 1 is 1.11 bits per heavy atom. The van der Waals surface area contributed by atoms with Gasteiger partial charge >= 0.3 is 6.03 Å². The first-order valence-electron chi connectivity index (χ1n) is 6.71. The predicted molar refractivity (Wildman–Crippen MR) is 77.1 cm³/mol. The van der Waals surface area contributed by atoms with Crippen LogP contribution in [-0.2, 0) is 0 Å². The molecular formula is C15H24N2O. The molecule has 2 amide bonds. The Morgan fingerprint density at radius 3 is 2.22 bits per heavy atom. The fourth-order valence-corrected chi connectivity index (χ4v) is 1.88. The van der Waals surface area contributed by atoms with Gasteiger partial charge in [0.05, 0.1) is 0 Å². The molecule has 0 unspecified atom stereocenters. The fourth-order valence-electron chi connectivity index (χ4n) is 1.88. The van der Waals surface area contributed by atoms with Crippen molar-refractivity contribution in [3.05, 3.63) is 29.3 Å². The van der Waals surface area contributed by atoms with Gasteiger partial charge in [0.25, 0.3) is 0 Å². The number of rotatable bonds is 5. The van der Waals surface area contributed by atoms with Crippen molar-refractivity contribution in [1.82, 2.24) is 4.90 Å². The van der Waals surface area contributed by atoms with E-state index in [1.165, 1.54) is 11.1 Å². The van der Waals surface area contributed by atoms with Crippen LogP contribution in [0.3, 0.4) is 0 Å². The molecule has 0 spiro atoms. The van der Waals surface area contributed by atoms with Crippen molar-refractivity contribution in [2.45, 2.75) is 40.5 Å². The monoisotopic (exact) mass is 248 g/mol. The van der Waals surface area contributed by atoms with Gasteiger partial charge in [-0.25, -0.2) is 4.79 Å². The van der Waals surface area contributed by atoms with Gasteiger partial charge in [0.15, 0.2) is 0 Å². The molecule has 0 radical (unpaired) electrons. The lowest BCUT2D eigenvalue weighted by Gasteiger charge is -2.22. The average molecular weight is 248 g/mol. The molecule has 18 heavy (non-hydrogen) atoms. The van der Waals surface area contributed by atoms with E-state index in [9.17, 15) is 4.79 Å². The summed E-state index contributed by atoms with van der Waals surface area (Å²) < 4.78 is 0. The van der Waals surface area contributed by atoms with Crippen molar-refractivity contribution in [1.29, 1.82) is 0 Å². The topological polar surface area (TPSA) is 32.3 Å². The first-order valence-corrected chi connectivity index (χ1v) is 6.71. The second-order valence-electron chi connectivity index (χ2n) is 4.72. The molecule has 1 N–H and O–H groups in total. The minimum absolute atomic E-state index is 0.00181. The molecule has 0 fully saturated rings. The van der Waals surface area contributed by atoms with E-state index in [1.807, 2.05) is 23.1 Å². The maximum absolute atomic E-state index is 12.1. The Morgan fingerprint density at radius 2 is 1.72 bits per heavy atom. The maximum Gasteiger partial charge on any atom is 0.321 e. The molecule has 0 atom stereocenters.